The van der Waals surface area contributed by atoms with Gasteiger partial charge in [0.15, 0.2) is 9.84 Å². The van der Waals surface area contributed by atoms with Crippen molar-refractivity contribution in [3.8, 4) is 5.75 Å². The number of benzene rings is 1. The molecule has 0 aliphatic carbocycles. The van der Waals surface area contributed by atoms with E-state index in [0.717, 1.165) is 0 Å². The highest BCUT2D eigenvalue weighted by Gasteiger charge is 2.22. The summed E-state index contributed by atoms with van der Waals surface area (Å²) in [4.78, 5) is 0.174. The van der Waals surface area contributed by atoms with Crippen LogP contribution in [0.4, 0.5) is 0 Å². The fourth-order valence-electron chi connectivity index (χ4n) is 1.99. The number of nitrogens with zero attached hydrogens (tertiary/aromatic N) is 2. The third-order valence-electron chi connectivity index (χ3n) is 3.14. The zero-order chi connectivity index (χ0) is 16.5. The molecule has 1 aromatic heterocycles. The van der Waals surface area contributed by atoms with Gasteiger partial charge in [0, 0.05) is 16.2 Å². The summed E-state index contributed by atoms with van der Waals surface area (Å²) < 4.78 is 32.9. The third kappa shape index (κ3) is 3.70. The van der Waals surface area contributed by atoms with Gasteiger partial charge >= 0.3 is 0 Å². The number of ether oxygens (including phenoxy) is 1. The van der Waals surface area contributed by atoms with E-state index in [-0.39, 0.29) is 16.2 Å². The smallest absolute Gasteiger partial charge is 0.186 e. The van der Waals surface area contributed by atoms with E-state index >= 15 is 0 Å². The molecule has 2 aromatic rings. The Morgan fingerprint density at radius 1 is 1.32 bits per heavy atom. The zero-order valence-electron chi connectivity index (χ0n) is 13.0. The highest BCUT2D eigenvalue weighted by molar-refractivity contribution is 9.10. The molecule has 0 spiro atoms. The minimum absolute atomic E-state index is 0.115. The summed E-state index contributed by atoms with van der Waals surface area (Å²) in [6.07, 6.45) is 3.36. The van der Waals surface area contributed by atoms with Crippen LogP contribution >= 0.6 is 15.9 Å². The number of halogens is 1. The second-order valence-corrected chi connectivity index (χ2v) is 8.89. The van der Waals surface area contributed by atoms with Crippen LogP contribution in [0.1, 0.15) is 26.3 Å². The van der Waals surface area contributed by atoms with Crippen LogP contribution < -0.4 is 4.74 Å². The zero-order valence-corrected chi connectivity index (χ0v) is 15.4. The second kappa shape index (κ2) is 6.04. The van der Waals surface area contributed by atoms with Gasteiger partial charge in [0.25, 0.3) is 0 Å². The molecule has 1 aromatic carbocycles. The minimum atomic E-state index is -3.52. The highest BCUT2D eigenvalue weighted by atomic mass is 79.9. The van der Waals surface area contributed by atoms with Crippen molar-refractivity contribution in [3.63, 3.8) is 0 Å². The Labute approximate surface area is 139 Å². The van der Waals surface area contributed by atoms with E-state index in [1.54, 1.807) is 35.3 Å². The fraction of sp³-hybridized carbons (Fsp3) is 0.400. The van der Waals surface area contributed by atoms with E-state index in [4.69, 9.17) is 4.74 Å². The lowest BCUT2D eigenvalue weighted by atomic mass is 10.1. The highest BCUT2D eigenvalue weighted by Crippen LogP contribution is 2.30. The molecule has 0 amide bonds. The first-order valence-electron chi connectivity index (χ1n) is 6.74. The number of rotatable bonds is 4. The van der Waals surface area contributed by atoms with Crippen molar-refractivity contribution in [2.75, 3.05) is 7.11 Å². The van der Waals surface area contributed by atoms with Gasteiger partial charge in [-0.25, -0.2) is 8.42 Å². The summed E-state index contributed by atoms with van der Waals surface area (Å²) >= 11 is 3.30. The van der Waals surface area contributed by atoms with Crippen LogP contribution in [0.15, 0.2) is 40.0 Å². The normalized spacial score (nSPS) is 12.4. The van der Waals surface area contributed by atoms with Crippen LogP contribution in [0, 0.1) is 0 Å². The summed E-state index contributed by atoms with van der Waals surface area (Å²) in [5.41, 5.74) is 0.465. The molecule has 0 unspecified atom stereocenters. The predicted molar refractivity (Wildman–Crippen MR) is 88.8 cm³/mol. The molecule has 1 heterocycles. The molecule has 0 aliphatic heterocycles. The van der Waals surface area contributed by atoms with Crippen LogP contribution in [0.5, 0.6) is 5.75 Å². The third-order valence-corrected chi connectivity index (χ3v) is 5.34. The summed E-state index contributed by atoms with van der Waals surface area (Å²) in [5.74, 6) is 0.224. The number of sulfone groups is 1. The first-order valence-corrected chi connectivity index (χ1v) is 9.18. The maximum atomic E-state index is 12.7. The molecular formula is C15H19BrN2O3S. The number of hydrogen-bond acceptors (Lipinski definition) is 4. The lowest BCUT2D eigenvalue weighted by Gasteiger charge is -2.18. The standard InChI is InChI=1S/C15H19BrN2O3S/c1-15(2,3)18-9-11(8-17-18)10-22(19,20)14-7-12(16)5-6-13(14)21-4/h5-9H,10H2,1-4H3. The van der Waals surface area contributed by atoms with Crippen LogP contribution in [-0.2, 0) is 21.1 Å². The predicted octanol–water partition coefficient (Wildman–Crippen LogP) is 3.38. The average Bonchev–Trinajstić information content (AvgIpc) is 2.86. The molecule has 0 saturated carbocycles. The molecule has 0 N–H and O–H groups in total. The molecule has 0 atom stereocenters. The average molecular weight is 387 g/mol. The van der Waals surface area contributed by atoms with E-state index in [9.17, 15) is 8.42 Å². The molecule has 0 bridgehead atoms. The maximum Gasteiger partial charge on any atom is 0.186 e. The summed E-state index contributed by atoms with van der Waals surface area (Å²) in [6, 6.07) is 4.94. The molecule has 0 radical (unpaired) electrons. The van der Waals surface area contributed by atoms with Gasteiger partial charge in [-0.05, 0) is 39.0 Å². The van der Waals surface area contributed by atoms with E-state index in [2.05, 4.69) is 21.0 Å². The summed E-state index contributed by atoms with van der Waals surface area (Å²) in [6.45, 7) is 6.03. The molecule has 0 saturated heterocycles. The van der Waals surface area contributed by atoms with Crippen molar-refractivity contribution in [1.82, 2.24) is 9.78 Å². The molecule has 5 nitrogen and oxygen atoms in total. The van der Waals surface area contributed by atoms with Gasteiger partial charge in [-0.3, -0.25) is 4.68 Å². The van der Waals surface area contributed by atoms with Crippen molar-refractivity contribution in [3.05, 3.63) is 40.6 Å². The van der Waals surface area contributed by atoms with Crippen LogP contribution in [0.2, 0.25) is 0 Å². The van der Waals surface area contributed by atoms with E-state index < -0.39 is 9.84 Å². The van der Waals surface area contributed by atoms with Crippen molar-refractivity contribution in [2.24, 2.45) is 0 Å². The molecule has 0 aliphatic rings. The lowest BCUT2D eigenvalue weighted by molar-refractivity contribution is 0.355. The molecule has 7 heteroatoms. The van der Waals surface area contributed by atoms with Gasteiger partial charge in [0.2, 0.25) is 0 Å². The topological polar surface area (TPSA) is 61.2 Å². The first kappa shape index (κ1) is 17.0. The molecule has 120 valence electrons. The van der Waals surface area contributed by atoms with Crippen LogP contribution in [-0.4, -0.2) is 25.3 Å². The van der Waals surface area contributed by atoms with Crippen LogP contribution in [0.3, 0.4) is 0 Å². The van der Waals surface area contributed by atoms with Crippen molar-refractivity contribution in [2.45, 2.75) is 37.0 Å². The second-order valence-electron chi connectivity index (χ2n) is 6.02. The number of methoxy groups -OCH3 is 1. The first-order chi connectivity index (χ1) is 10.1. The lowest BCUT2D eigenvalue weighted by Crippen LogP contribution is -2.22. The van der Waals surface area contributed by atoms with Crippen LogP contribution in [0.25, 0.3) is 0 Å². The Hall–Kier alpha value is -1.34. The Morgan fingerprint density at radius 2 is 2.00 bits per heavy atom. The maximum absolute atomic E-state index is 12.7. The Balaban J connectivity index is 2.36. The monoisotopic (exact) mass is 386 g/mol. The largest absolute Gasteiger partial charge is 0.495 e. The summed E-state index contributed by atoms with van der Waals surface area (Å²) in [5, 5.41) is 4.24. The Morgan fingerprint density at radius 3 is 2.55 bits per heavy atom. The quantitative estimate of drug-likeness (QED) is 0.807. The molecule has 22 heavy (non-hydrogen) atoms. The number of hydrogen-bond donors (Lipinski definition) is 0. The molecule has 0 fully saturated rings. The van der Waals surface area contributed by atoms with Gasteiger partial charge in [-0.1, -0.05) is 15.9 Å². The minimum Gasteiger partial charge on any atom is -0.495 e. The van der Waals surface area contributed by atoms with Crippen molar-refractivity contribution < 1.29 is 13.2 Å². The molecular weight excluding hydrogens is 368 g/mol. The van der Waals surface area contributed by atoms with Gasteiger partial charge in [-0.15, -0.1) is 0 Å². The van der Waals surface area contributed by atoms with Gasteiger partial charge in [0.05, 0.1) is 24.6 Å². The Kier molecular flexibility index (Phi) is 4.67. The Bertz CT molecular complexity index is 776. The summed E-state index contributed by atoms with van der Waals surface area (Å²) in [7, 11) is -2.06. The van der Waals surface area contributed by atoms with Crippen molar-refractivity contribution >= 4 is 25.8 Å². The van der Waals surface area contributed by atoms with Gasteiger partial charge < -0.3 is 4.74 Å². The van der Waals surface area contributed by atoms with Crippen molar-refractivity contribution in [1.29, 1.82) is 0 Å². The van der Waals surface area contributed by atoms with E-state index in [1.807, 2.05) is 20.8 Å². The van der Waals surface area contributed by atoms with E-state index in [1.165, 1.54) is 7.11 Å². The van der Waals surface area contributed by atoms with E-state index in [0.29, 0.717) is 15.8 Å². The fourth-order valence-corrected chi connectivity index (χ4v) is 4.01. The number of aromatic nitrogens is 2. The SMILES string of the molecule is COc1ccc(Br)cc1S(=O)(=O)Cc1cnn(C(C)(C)C)c1. The van der Waals surface area contributed by atoms with Gasteiger partial charge in [0.1, 0.15) is 10.6 Å². The van der Waals surface area contributed by atoms with Gasteiger partial charge in [-0.2, -0.15) is 5.10 Å². The molecule has 2 rings (SSSR count).